The third-order valence-corrected chi connectivity index (χ3v) is 3.48. The third kappa shape index (κ3) is 4.61. The summed E-state index contributed by atoms with van der Waals surface area (Å²) in [4.78, 5) is 34.3. The van der Waals surface area contributed by atoms with Crippen LogP contribution in [0.2, 0.25) is 5.02 Å². The molecular formula is C16H14ClN3O6. The van der Waals surface area contributed by atoms with Crippen molar-refractivity contribution in [3.63, 3.8) is 0 Å². The number of nitro groups is 1. The van der Waals surface area contributed by atoms with Crippen molar-refractivity contribution in [2.75, 3.05) is 24.8 Å². The van der Waals surface area contributed by atoms with Crippen LogP contribution < -0.4 is 15.8 Å². The summed E-state index contributed by atoms with van der Waals surface area (Å²) in [5.41, 5.74) is 5.40. The van der Waals surface area contributed by atoms with Gasteiger partial charge in [-0.15, -0.1) is 0 Å². The number of nitrogens with zero attached hydrogens (tertiary/aromatic N) is 1. The fourth-order valence-corrected chi connectivity index (χ4v) is 2.17. The Bertz CT molecular complexity index is 871. The van der Waals surface area contributed by atoms with Crippen LogP contribution in [-0.2, 0) is 9.53 Å². The summed E-state index contributed by atoms with van der Waals surface area (Å²) in [5.74, 6) is -1.34. The van der Waals surface area contributed by atoms with Gasteiger partial charge in [-0.3, -0.25) is 14.9 Å². The topological polar surface area (TPSA) is 134 Å². The van der Waals surface area contributed by atoms with E-state index in [1.165, 1.54) is 37.4 Å². The van der Waals surface area contributed by atoms with E-state index in [0.29, 0.717) is 0 Å². The Labute approximate surface area is 152 Å². The summed E-state index contributed by atoms with van der Waals surface area (Å²) in [5, 5.41) is 13.7. The van der Waals surface area contributed by atoms with Crippen LogP contribution in [0.5, 0.6) is 5.75 Å². The summed E-state index contributed by atoms with van der Waals surface area (Å²) in [7, 11) is 1.36. The van der Waals surface area contributed by atoms with E-state index < -0.39 is 23.4 Å². The van der Waals surface area contributed by atoms with E-state index in [-0.39, 0.29) is 33.4 Å². The number of ether oxygens (including phenoxy) is 2. The van der Waals surface area contributed by atoms with Crippen LogP contribution in [0.25, 0.3) is 0 Å². The maximum absolute atomic E-state index is 12.0. The van der Waals surface area contributed by atoms with Gasteiger partial charge >= 0.3 is 5.97 Å². The second-order valence-corrected chi connectivity index (χ2v) is 5.43. The van der Waals surface area contributed by atoms with Crippen molar-refractivity contribution >= 4 is 40.5 Å². The van der Waals surface area contributed by atoms with Crippen LogP contribution >= 0.6 is 11.6 Å². The number of nitro benzene ring substituents is 1. The molecule has 0 bridgehead atoms. The van der Waals surface area contributed by atoms with Gasteiger partial charge in [0.1, 0.15) is 11.4 Å². The molecule has 0 heterocycles. The number of nitrogen functional groups attached to an aromatic ring is 1. The zero-order valence-electron chi connectivity index (χ0n) is 13.5. The van der Waals surface area contributed by atoms with Crippen LogP contribution in [-0.4, -0.2) is 30.5 Å². The SMILES string of the molecule is COc1ccc(NC(=O)COC(=O)c2cc(Cl)ccc2N)c([N+](=O)[O-])c1. The molecule has 9 nitrogen and oxygen atoms in total. The molecule has 3 N–H and O–H groups in total. The number of hydrogen-bond donors (Lipinski definition) is 2. The van der Waals surface area contributed by atoms with Gasteiger partial charge < -0.3 is 20.5 Å². The lowest BCUT2D eigenvalue weighted by molar-refractivity contribution is -0.384. The van der Waals surface area contributed by atoms with Crippen molar-refractivity contribution in [2.24, 2.45) is 0 Å². The number of esters is 1. The number of amides is 1. The molecule has 2 rings (SSSR count). The number of rotatable bonds is 6. The maximum Gasteiger partial charge on any atom is 0.340 e. The Kier molecular flexibility index (Phi) is 5.97. The molecule has 0 aliphatic carbocycles. The van der Waals surface area contributed by atoms with Crippen molar-refractivity contribution in [3.8, 4) is 5.75 Å². The highest BCUT2D eigenvalue weighted by atomic mass is 35.5. The minimum Gasteiger partial charge on any atom is -0.496 e. The van der Waals surface area contributed by atoms with Crippen LogP contribution in [0.4, 0.5) is 17.1 Å². The molecule has 0 aliphatic rings. The highest BCUT2D eigenvalue weighted by Gasteiger charge is 2.19. The normalized spacial score (nSPS) is 10.1. The molecule has 0 aliphatic heterocycles. The van der Waals surface area contributed by atoms with Crippen molar-refractivity contribution in [1.82, 2.24) is 0 Å². The average Bonchev–Trinajstić information content (AvgIpc) is 2.61. The minimum atomic E-state index is -0.843. The summed E-state index contributed by atoms with van der Waals surface area (Å²) in [6.07, 6.45) is 0. The average molecular weight is 380 g/mol. The number of benzene rings is 2. The van der Waals surface area contributed by atoms with Gasteiger partial charge in [-0.05, 0) is 30.3 Å². The van der Waals surface area contributed by atoms with E-state index in [9.17, 15) is 19.7 Å². The van der Waals surface area contributed by atoms with Gasteiger partial charge in [0.05, 0.1) is 23.7 Å². The molecule has 0 saturated carbocycles. The molecule has 0 radical (unpaired) electrons. The van der Waals surface area contributed by atoms with Gasteiger partial charge in [0.15, 0.2) is 6.61 Å². The Hall–Kier alpha value is -3.33. The molecule has 0 fully saturated rings. The Morgan fingerprint density at radius 1 is 1.27 bits per heavy atom. The van der Waals surface area contributed by atoms with Gasteiger partial charge in [0, 0.05) is 10.7 Å². The number of nitrogens with two attached hydrogens (primary N) is 1. The first-order valence-electron chi connectivity index (χ1n) is 7.16. The third-order valence-electron chi connectivity index (χ3n) is 3.25. The molecular weight excluding hydrogens is 366 g/mol. The van der Waals surface area contributed by atoms with E-state index in [4.69, 9.17) is 26.8 Å². The van der Waals surface area contributed by atoms with Crippen LogP contribution in [0.1, 0.15) is 10.4 Å². The Balaban J connectivity index is 2.04. The van der Waals surface area contributed by atoms with Gasteiger partial charge in [-0.25, -0.2) is 4.79 Å². The highest BCUT2D eigenvalue weighted by molar-refractivity contribution is 6.31. The van der Waals surface area contributed by atoms with Crippen molar-refractivity contribution in [3.05, 3.63) is 57.1 Å². The van der Waals surface area contributed by atoms with E-state index >= 15 is 0 Å². The van der Waals surface area contributed by atoms with E-state index in [2.05, 4.69) is 5.32 Å². The monoisotopic (exact) mass is 379 g/mol. The molecule has 0 unspecified atom stereocenters. The van der Waals surface area contributed by atoms with Crippen molar-refractivity contribution in [2.45, 2.75) is 0 Å². The second-order valence-electron chi connectivity index (χ2n) is 5.00. The molecule has 0 aromatic heterocycles. The summed E-state index contributed by atoms with van der Waals surface area (Å²) < 4.78 is 9.76. The molecule has 136 valence electrons. The first-order chi connectivity index (χ1) is 12.3. The van der Waals surface area contributed by atoms with Gasteiger partial charge in [-0.2, -0.15) is 0 Å². The summed E-state index contributed by atoms with van der Waals surface area (Å²) in [6, 6.07) is 8.16. The molecule has 2 aromatic carbocycles. The zero-order valence-corrected chi connectivity index (χ0v) is 14.3. The molecule has 0 spiro atoms. The van der Waals surface area contributed by atoms with Gasteiger partial charge in [0.2, 0.25) is 0 Å². The van der Waals surface area contributed by atoms with Crippen molar-refractivity contribution in [1.29, 1.82) is 0 Å². The molecule has 26 heavy (non-hydrogen) atoms. The Morgan fingerprint density at radius 2 is 2.00 bits per heavy atom. The number of carbonyl (C=O) groups excluding carboxylic acids is 2. The molecule has 2 aromatic rings. The lowest BCUT2D eigenvalue weighted by Crippen LogP contribution is -2.21. The quantitative estimate of drug-likeness (QED) is 0.341. The predicted molar refractivity (Wildman–Crippen MR) is 94.4 cm³/mol. The number of methoxy groups -OCH3 is 1. The first-order valence-corrected chi connectivity index (χ1v) is 7.54. The first kappa shape index (κ1) is 19.0. The lowest BCUT2D eigenvalue weighted by Gasteiger charge is -2.09. The Morgan fingerprint density at radius 3 is 2.65 bits per heavy atom. The fourth-order valence-electron chi connectivity index (χ4n) is 2.00. The van der Waals surface area contributed by atoms with E-state index in [1.54, 1.807) is 0 Å². The minimum absolute atomic E-state index is 0.0146. The number of carbonyl (C=O) groups is 2. The van der Waals surface area contributed by atoms with Crippen LogP contribution in [0, 0.1) is 10.1 Å². The van der Waals surface area contributed by atoms with Crippen LogP contribution in [0.3, 0.4) is 0 Å². The van der Waals surface area contributed by atoms with Crippen LogP contribution in [0.15, 0.2) is 36.4 Å². The number of anilines is 2. The smallest absolute Gasteiger partial charge is 0.340 e. The number of hydrogen-bond acceptors (Lipinski definition) is 7. The molecule has 10 heteroatoms. The zero-order chi connectivity index (χ0) is 19.3. The number of halogens is 1. The number of nitrogens with one attached hydrogen (secondary N) is 1. The van der Waals surface area contributed by atoms with E-state index in [1.807, 2.05) is 0 Å². The largest absolute Gasteiger partial charge is 0.496 e. The maximum atomic E-state index is 12.0. The van der Waals surface area contributed by atoms with Gasteiger partial charge in [-0.1, -0.05) is 11.6 Å². The lowest BCUT2D eigenvalue weighted by atomic mass is 10.2. The summed E-state index contributed by atoms with van der Waals surface area (Å²) >= 11 is 5.79. The fraction of sp³-hybridized carbons (Fsp3) is 0.125. The van der Waals surface area contributed by atoms with Crippen molar-refractivity contribution < 1.29 is 24.0 Å². The molecule has 1 amide bonds. The standard InChI is InChI=1S/C16H14ClN3O6/c1-25-10-3-5-13(14(7-10)20(23)24)19-15(21)8-26-16(22)11-6-9(17)2-4-12(11)18/h2-7H,8,18H2,1H3,(H,19,21). The predicted octanol–water partition coefficient (Wildman–Crippen LogP) is 2.63. The highest BCUT2D eigenvalue weighted by Crippen LogP contribution is 2.28. The summed E-state index contributed by atoms with van der Waals surface area (Å²) in [6.45, 7) is -0.659. The van der Waals surface area contributed by atoms with E-state index in [0.717, 1.165) is 6.07 Å². The van der Waals surface area contributed by atoms with Gasteiger partial charge in [0.25, 0.3) is 11.6 Å². The molecule has 0 saturated heterocycles. The second kappa shape index (κ2) is 8.17. The molecule has 0 atom stereocenters.